The van der Waals surface area contributed by atoms with Crippen LogP contribution in [0.5, 0.6) is 0 Å². The van der Waals surface area contributed by atoms with E-state index in [1.165, 1.54) is 4.90 Å². The van der Waals surface area contributed by atoms with Crippen LogP contribution in [0, 0.1) is 0 Å². The Labute approximate surface area is 125 Å². The number of nitrogens with zero attached hydrogens (tertiary/aromatic N) is 1. The Kier molecular flexibility index (Phi) is 9.11. The summed E-state index contributed by atoms with van der Waals surface area (Å²) in [5, 5.41) is 11.7. The van der Waals surface area contributed by atoms with E-state index in [-0.39, 0.29) is 12.5 Å². The first-order valence-corrected chi connectivity index (χ1v) is 8.02. The molecule has 1 aromatic carbocycles. The molecule has 0 atom stereocenters. The molecule has 0 aliphatic heterocycles. The van der Waals surface area contributed by atoms with Gasteiger partial charge in [0, 0.05) is 30.3 Å². The van der Waals surface area contributed by atoms with Crippen LogP contribution in [0.1, 0.15) is 13.3 Å². The van der Waals surface area contributed by atoms with E-state index >= 15 is 0 Å². The van der Waals surface area contributed by atoms with Gasteiger partial charge in [-0.05, 0) is 25.1 Å². The number of hydrogen-bond donors (Lipinski definition) is 2. The smallest absolute Gasteiger partial charge is 0.234 e. The zero-order valence-corrected chi connectivity index (χ0v) is 12.9. The SMILES string of the molecule is CCN(CCCO)CC(=O)NCCSc1ccccc1. The first kappa shape index (κ1) is 17.0. The van der Waals surface area contributed by atoms with Crippen molar-refractivity contribution in [3.8, 4) is 0 Å². The highest BCUT2D eigenvalue weighted by Crippen LogP contribution is 2.15. The first-order chi connectivity index (χ1) is 9.76. The number of nitrogens with one attached hydrogen (secondary N) is 1. The van der Waals surface area contributed by atoms with Crippen LogP contribution in [-0.2, 0) is 4.79 Å². The third kappa shape index (κ3) is 7.53. The Hall–Kier alpha value is -1.04. The third-order valence-electron chi connectivity index (χ3n) is 2.88. The zero-order chi connectivity index (χ0) is 14.6. The molecule has 0 radical (unpaired) electrons. The van der Waals surface area contributed by atoms with Gasteiger partial charge in [0.25, 0.3) is 0 Å². The summed E-state index contributed by atoms with van der Waals surface area (Å²) >= 11 is 1.74. The maximum Gasteiger partial charge on any atom is 0.234 e. The van der Waals surface area contributed by atoms with E-state index in [1.807, 2.05) is 30.0 Å². The molecule has 0 spiro atoms. The molecular formula is C15H24N2O2S. The number of hydrogen-bond acceptors (Lipinski definition) is 4. The second-order valence-electron chi connectivity index (χ2n) is 4.46. The second-order valence-corrected chi connectivity index (χ2v) is 5.63. The molecule has 1 amide bonds. The molecule has 0 aliphatic rings. The van der Waals surface area contributed by atoms with Crippen molar-refractivity contribution in [1.82, 2.24) is 10.2 Å². The molecule has 0 aliphatic carbocycles. The van der Waals surface area contributed by atoms with E-state index in [0.29, 0.717) is 19.5 Å². The summed E-state index contributed by atoms with van der Waals surface area (Å²) in [6, 6.07) is 10.2. The van der Waals surface area contributed by atoms with Gasteiger partial charge in [-0.25, -0.2) is 0 Å². The minimum absolute atomic E-state index is 0.0541. The van der Waals surface area contributed by atoms with Crippen LogP contribution < -0.4 is 5.32 Å². The Bertz CT molecular complexity index is 373. The van der Waals surface area contributed by atoms with Gasteiger partial charge in [-0.15, -0.1) is 11.8 Å². The number of benzene rings is 1. The van der Waals surface area contributed by atoms with E-state index < -0.39 is 0 Å². The molecule has 0 fully saturated rings. The van der Waals surface area contributed by atoms with E-state index in [9.17, 15) is 4.79 Å². The van der Waals surface area contributed by atoms with Crippen LogP contribution in [0.15, 0.2) is 35.2 Å². The summed E-state index contributed by atoms with van der Waals surface area (Å²) in [4.78, 5) is 15.0. The summed E-state index contributed by atoms with van der Waals surface area (Å²) in [6.07, 6.45) is 0.713. The van der Waals surface area contributed by atoms with Gasteiger partial charge in [0.15, 0.2) is 0 Å². The molecule has 1 rings (SSSR count). The Balaban J connectivity index is 2.13. The lowest BCUT2D eigenvalue weighted by molar-refractivity contribution is -0.122. The van der Waals surface area contributed by atoms with E-state index in [0.717, 1.165) is 18.8 Å². The van der Waals surface area contributed by atoms with Crippen molar-refractivity contribution >= 4 is 17.7 Å². The van der Waals surface area contributed by atoms with Crippen LogP contribution in [0.4, 0.5) is 0 Å². The summed E-state index contributed by atoms with van der Waals surface area (Å²) in [5.74, 6) is 0.928. The van der Waals surface area contributed by atoms with Gasteiger partial charge in [-0.1, -0.05) is 25.1 Å². The fraction of sp³-hybridized carbons (Fsp3) is 0.533. The quantitative estimate of drug-likeness (QED) is 0.509. The topological polar surface area (TPSA) is 52.6 Å². The van der Waals surface area contributed by atoms with Gasteiger partial charge in [-0.3, -0.25) is 9.69 Å². The molecule has 0 unspecified atom stereocenters. The van der Waals surface area contributed by atoms with Crippen LogP contribution in [0.3, 0.4) is 0 Å². The zero-order valence-electron chi connectivity index (χ0n) is 12.0. The van der Waals surface area contributed by atoms with Crippen LogP contribution in [0.25, 0.3) is 0 Å². The van der Waals surface area contributed by atoms with Crippen molar-refractivity contribution in [2.24, 2.45) is 0 Å². The Morgan fingerprint density at radius 3 is 2.75 bits per heavy atom. The lowest BCUT2D eigenvalue weighted by atomic mass is 10.3. The Morgan fingerprint density at radius 2 is 2.10 bits per heavy atom. The van der Waals surface area contributed by atoms with Gasteiger partial charge in [-0.2, -0.15) is 0 Å². The minimum Gasteiger partial charge on any atom is -0.396 e. The number of carbonyl (C=O) groups is 1. The molecule has 2 N–H and O–H groups in total. The number of aliphatic hydroxyl groups excluding tert-OH is 1. The van der Waals surface area contributed by atoms with Crippen LogP contribution in [0.2, 0.25) is 0 Å². The maximum absolute atomic E-state index is 11.8. The van der Waals surface area contributed by atoms with Crippen molar-refractivity contribution < 1.29 is 9.90 Å². The molecule has 0 saturated heterocycles. The fourth-order valence-electron chi connectivity index (χ4n) is 1.78. The number of carbonyl (C=O) groups excluding carboxylic acids is 1. The van der Waals surface area contributed by atoms with Gasteiger partial charge in [0.2, 0.25) is 5.91 Å². The van der Waals surface area contributed by atoms with Crippen molar-refractivity contribution in [2.75, 3.05) is 38.5 Å². The Morgan fingerprint density at radius 1 is 1.35 bits per heavy atom. The summed E-state index contributed by atoms with van der Waals surface area (Å²) in [5.41, 5.74) is 0. The average molecular weight is 296 g/mol. The highest BCUT2D eigenvalue weighted by Gasteiger charge is 2.07. The van der Waals surface area contributed by atoms with Gasteiger partial charge in [0.1, 0.15) is 0 Å². The van der Waals surface area contributed by atoms with Crippen molar-refractivity contribution in [2.45, 2.75) is 18.2 Å². The second kappa shape index (κ2) is 10.7. The summed E-state index contributed by atoms with van der Waals surface area (Å²) in [7, 11) is 0. The molecule has 5 heteroatoms. The largest absolute Gasteiger partial charge is 0.396 e. The molecule has 0 aromatic heterocycles. The molecule has 0 saturated carbocycles. The number of rotatable bonds is 10. The van der Waals surface area contributed by atoms with E-state index in [4.69, 9.17) is 5.11 Å². The predicted molar refractivity (Wildman–Crippen MR) is 84.0 cm³/mol. The van der Waals surface area contributed by atoms with Crippen molar-refractivity contribution in [3.05, 3.63) is 30.3 Å². The molecule has 20 heavy (non-hydrogen) atoms. The molecule has 4 nitrogen and oxygen atoms in total. The molecule has 112 valence electrons. The molecule has 0 heterocycles. The van der Waals surface area contributed by atoms with E-state index in [2.05, 4.69) is 17.4 Å². The van der Waals surface area contributed by atoms with Gasteiger partial charge >= 0.3 is 0 Å². The first-order valence-electron chi connectivity index (χ1n) is 7.04. The molecule has 0 bridgehead atoms. The standard InChI is InChI=1S/C15H24N2O2S/c1-2-17(10-6-11-18)13-15(19)16-9-12-20-14-7-4-3-5-8-14/h3-5,7-8,18H,2,6,9-13H2,1H3,(H,16,19). The average Bonchev–Trinajstić information content (AvgIpc) is 2.49. The number of thioether (sulfide) groups is 1. The molecule has 1 aromatic rings. The maximum atomic E-state index is 11.8. The normalized spacial score (nSPS) is 10.8. The third-order valence-corrected chi connectivity index (χ3v) is 3.90. The van der Waals surface area contributed by atoms with Crippen LogP contribution in [-0.4, -0.2) is 54.5 Å². The highest BCUT2D eigenvalue weighted by atomic mass is 32.2. The monoisotopic (exact) mass is 296 g/mol. The fourth-order valence-corrected chi connectivity index (χ4v) is 2.57. The lowest BCUT2D eigenvalue weighted by Crippen LogP contribution is -2.38. The minimum atomic E-state index is 0.0541. The predicted octanol–water partition coefficient (Wildman–Crippen LogP) is 1.60. The van der Waals surface area contributed by atoms with Gasteiger partial charge in [0.05, 0.1) is 6.54 Å². The van der Waals surface area contributed by atoms with Gasteiger partial charge < -0.3 is 10.4 Å². The summed E-state index contributed by atoms with van der Waals surface area (Å²) < 4.78 is 0. The summed E-state index contributed by atoms with van der Waals surface area (Å²) in [6.45, 7) is 4.87. The number of aliphatic hydroxyl groups is 1. The van der Waals surface area contributed by atoms with Crippen molar-refractivity contribution in [3.63, 3.8) is 0 Å². The highest BCUT2D eigenvalue weighted by molar-refractivity contribution is 7.99. The number of likely N-dealkylation sites (N-methyl/N-ethyl adjacent to an activating group) is 1. The van der Waals surface area contributed by atoms with Crippen molar-refractivity contribution in [1.29, 1.82) is 0 Å². The van der Waals surface area contributed by atoms with E-state index in [1.54, 1.807) is 11.8 Å². The lowest BCUT2D eigenvalue weighted by Gasteiger charge is -2.19. The molecular weight excluding hydrogens is 272 g/mol. The van der Waals surface area contributed by atoms with Crippen LogP contribution >= 0.6 is 11.8 Å². The number of amides is 1.